The van der Waals surface area contributed by atoms with Crippen LogP contribution in [0, 0.1) is 11.2 Å². The van der Waals surface area contributed by atoms with Crippen molar-refractivity contribution in [2.45, 2.75) is 38.7 Å². The Morgan fingerprint density at radius 2 is 1.94 bits per heavy atom. The first-order valence-corrected chi connectivity index (χ1v) is 12.0. The van der Waals surface area contributed by atoms with Gasteiger partial charge < -0.3 is 25.4 Å². The molecule has 8 heteroatoms. The first-order chi connectivity index (χ1) is 16.1. The summed E-state index contributed by atoms with van der Waals surface area (Å²) in [4.78, 5) is 14.6. The molecule has 0 radical (unpaired) electrons. The van der Waals surface area contributed by atoms with Crippen molar-refractivity contribution in [1.82, 2.24) is 10.2 Å². The van der Waals surface area contributed by atoms with Crippen LogP contribution in [0.25, 0.3) is 0 Å². The molecule has 1 fully saturated rings. The molecule has 1 aliphatic rings. The molecule has 0 bridgehead atoms. The summed E-state index contributed by atoms with van der Waals surface area (Å²) < 4.78 is 19.2. The van der Waals surface area contributed by atoms with Gasteiger partial charge >= 0.3 is 0 Å². The van der Waals surface area contributed by atoms with Crippen LogP contribution in [0.2, 0.25) is 5.02 Å². The number of ether oxygens (including phenoxy) is 1. The standard InChI is InChI=1S/C26H35ClFN3O3/c1-25(2)17-31(12-10-26(25,33)16-18-6-8-19(28)9-7-18)11-5-13-34-23-15-22(29-3)21(27)14-20(23)24(32)30-4/h6-9,14-15,29,33H,5,10-13,16-17H2,1-4H3,(H,30,32). The van der Waals surface area contributed by atoms with Crippen LogP contribution >= 0.6 is 11.6 Å². The van der Waals surface area contributed by atoms with Crippen molar-refractivity contribution < 1.29 is 19.0 Å². The number of hydrogen-bond acceptors (Lipinski definition) is 5. The number of carbonyl (C=O) groups is 1. The average Bonchev–Trinajstić information content (AvgIpc) is 2.80. The number of benzene rings is 2. The minimum atomic E-state index is -0.854. The molecule has 1 amide bonds. The van der Waals surface area contributed by atoms with Gasteiger partial charge in [-0.3, -0.25) is 4.79 Å². The highest BCUT2D eigenvalue weighted by Crippen LogP contribution is 2.41. The lowest BCUT2D eigenvalue weighted by molar-refractivity contribution is -0.118. The molecular weight excluding hydrogens is 457 g/mol. The number of anilines is 1. The molecule has 2 aromatic rings. The van der Waals surface area contributed by atoms with Crippen molar-refractivity contribution >= 4 is 23.2 Å². The third-order valence-electron chi connectivity index (χ3n) is 6.82. The lowest BCUT2D eigenvalue weighted by Crippen LogP contribution is -2.58. The number of aliphatic hydroxyl groups is 1. The molecule has 3 rings (SSSR count). The second kappa shape index (κ2) is 10.9. The van der Waals surface area contributed by atoms with Crippen LogP contribution in [0.15, 0.2) is 36.4 Å². The fourth-order valence-electron chi connectivity index (χ4n) is 4.57. The zero-order chi connectivity index (χ0) is 24.9. The molecule has 0 spiro atoms. The van der Waals surface area contributed by atoms with Crippen molar-refractivity contribution in [2.75, 3.05) is 45.7 Å². The SMILES string of the molecule is CNC(=O)c1cc(Cl)c(NC)cc1OCCCN1CCC(O)(Cc2ccc(F)cc2)C(C)(C)C1. The lowest BCUT2D eigenvalue weighted by atomic mass is 9.67. The van der Waals surface area contributed by atoms with Crippen LogP contribution in [-0.4, -0.2) is 61.9 Å². The molecule has 1 aliphatic heterocycles. The largest absolute Gasteiger partial charge is 0.493 e. The van der Waals surface area contributed by atoms with Crippen molar-refractivity contribution in [1.29, 1.82) is 0 Å². The molecule has 0 aliphatic carbocycles. The maximum atomic E-state index is 13.2. The van der Waals surface area contributed by atoms with E-state index in [0.717, 1.165) is 31.6 Å². The predicted octanol–water partition coefficient (Wildman–Crippen LogP) is 4.36. The summed E-state index contributed by atoms with van der Waals surface area (Å²) in [7, 11) is 3.33. The number of hydrogen-bond donors (Lipinski definition) is 3. The first-order valence-electron chi connectivity index (χ1n) is 11.6. The molecule has 1 atom stereocenters. The molecule has 3 N–H and O–H groups in total. The van der Waals surface area contributed by atoms with Crippen molar-refractivity contribution in [3.05, 3.63) is 58.4 Å². The van der Waals surface area contributed by atoms with Gasteiger partial charge in [0.15, 0.2) is 0 Å². The maximum absolute atomic E-state index is 13.2. The van der Waals surface area contributed by atoms with Crippen LogP contribution in [0.4, 0.5) is 10.1 Å². The van der Waals surface area contributed by atoms with E-state index in [1.807, 2.05) is 0 Å². The second-order valence-corrected chi connectivity index (χ2v) is 10.0. The van der Waals surface area contributed by atoms with Gasteiger partial charge in [0.25, 0.3) is 5.91 Å². The van der Waals surface area contributed by atoms with E-state index < -0.39 is 5.60 Å². The topological polar surface area (TPSA) is 73.8 Å². The van der Waals surface area contributed by atoms with E-state index in [-0.39, 0.29) is 17.1 Å². The quantitative estimate of drug-likeness (QED) is 0.455. The van der Waals surface area contributed by atoms with Crippen LogP contribution in [-0.2, 0) is 6.42 Å². The van der Waals surface area contributed by atoms with Gasteiger partial charge in [0.1, 0.15) is 11.6 Å². The lowest BCUT2D eigenvalue weighted by Gasteiger charge is -2.50. The zero-order valence-corrected chi connectivity index (χ0v) is 21.1. The van der Waals surface area contributed by atoms with E-state index in [0.29, 0.717) is 41.5 Å². The highest BCUT2D eigenvalue weighted by Gasteiger charge is 2.47. The van der Waals surface area contributed by atoms with E-state index in [1.54, 1.807) is 38.4 Å². The fraction of sp³-hybridized carbons (Fsp3) is 0.500. The molecule has 1 saturated heterocycles. The Morgan fingerprint density at radius 1 is 1.24 bits per heavy atom. The van der Waals surface area contributed by atoms with E-state index in [2.05, 4.69) is 29.4 Å². The summed E-state index contributed by atoms with van der Waals surface area (Å²) in [6, 6.07) is 9.73. The second-order valence-electron chi connectivity index (χ2n) is 9.60. The minimum Gasteiger partial charge on any atom is -0.493 e. The summed E-state index contributed by atoms with van der Waals surface area (Å²) in [6.45, 7) is 6.96. The normalized spacial score (nSPS) is 20.1. The van der Waals surface area contributed by atoms with Gasteiger partial charge in [0, 0.05) is 51.6 Å². The van der Waals surface area contributed by atoms with Gasteiger partial charge in [0.2, 0.25) is 0 Å². The summed E-state index contributed by atoms with van der Waals surface area (Å²) in [5, 5.41) is 17.5. The smallest absolute Gasteiger partial charge is 0.254 e. The van der Waals surface area contributed by atoms with Gasteiger partial charge in [-0.2, -0.15) is 0 Å². The van der Waals surface area contributed by atoms with Gasteiger partial charge in [-0.1, -0.05) is 37.6 Å². The maximum Gasteiger partial charge on any atom is 0.254 e. The third-order valence-corrected chi connectivity index (χ3v) is 7.13. The number of carbonyl (C=O) groups excluding carboxylic acids is 1. The minimum absolute atomic E-state index is 0.252. The van der Waals surface area contributed by atoms with Crippen LogP contribution < -0.4 is 15.4 Å². The van der Waals surface area contributed by atoms with E-state index in [4.69, 9.17) is 16.3 Å². The molecule has 34 heavy (non-hydrogen) atoms. The molecule has 2 aromatic carbocycles. The van der Waals surface area contributed by atoms with Gasteiger partial charge in [-0.15, -0.1) is 0 Å². The Morgan fingerprint density at radius 3 is 2.56 bits per heavy atom. The Kier molecular flexibility index (Phi) is 8.44. The summed E-state index contributed by atoms with van der Waals surface area (Å²) in [5.74, 6) is -0.0335. The number of rotatable bonds is 9. The highest BCUT2D eigenvalue weighted by molar-refractivity contribution is 6.33. The van der Waals surface area contributed by atoms with E-state index in [1.165, 1.54) is 12.1 Å². The Hall–Kier alpha value is -2.35. The fourth-order valence-corrected chi connectivity index (χ4v) is 4.83. The van der Waals surface area contributed by atoms with Gasteiger partial charge in [0.05, 0.1) is 28.5 Å². The average molecular weight is 492 g/mol. The summed E-state index contributed by atoms with van der Waals surface area (Å²) in [5.41, 5.74) is 0.853. The van der Waals surface area contributed by atoms with E-state index >= 15 is 0 Å². The number of amides is 1. The molecule has 6 nitrogen and oxygen atoms in total. The Bertz CT molecular complexity index is 1000. The molecule has 1 heterocycles. The zero-order valence-electron chi connectivity index (χ0n) is 20.4. The number of nitrogens with one attached hydrogen (secondary N) is 2. The number of piperidine rings is 1. The van der Waals surface area contributed by atoms with E-state index in [9.17, 15) is 14.3 Å². The first kappa shape index (κ1) is 26.3. The Balaban J connectivity index is 1.56. The number of likely N-dealkylation sites (tertiary alicyclic amines) is 1. The van der Waals surface area contributed by atoms with Gasteiger partial charge in [-0.25, -0.2) is 4.39 Å². The highest BCUT2D eigenvalue weighted by atomic mass is 35.5. The molecule has 0 aromatic heterocycles. The number of nitrogens with zero attached hydrogens (tertiary/aromatic N) is 1. The molecule has 1 unspecified atom stereocenters. The molecule has 186 valence electrons. The molecular formula is C26H35ClFN3O3. The third kappa shape index (κ3) is 6.01. The number of halogens is 2. The van der Waals surface area contributed by atoms with Crippen molar-refractivity contribution in [2.24, 2.45) is 5.41 Å². The monoisotopic (exact) mass is 491 g/mol. The Labute approximate surface area is 206 Å². The van der Waals surface area contributed by atoms with Crippen molar-refractivity contribution in [3.8, 4) is 5.75 Å². The van der Waals surface area contributed by atoms with Gasteiger partial charge in [-0.05, 0) is 36.6 Å². The van der Waals surface area contributed by atoms with Crippen LogP contribution in [0.3, 0.4) is 0 Å². The summed E-state index contributed by atoms with van der Waals surface area (Å²) >= 11 is 6.23. The predicted molar refractivity (Wildman–Crippen MR) is 134 cm³/mol. The summed E-state index contributed by atoms with van der Waals surface area (Å²) in [6.07, 6.45) is 1.92. The molecule has 0 saturated carbocycles. The van der Waals surface area contributed by atoms with Crippen molar-refractivity contribution in [3.63, 3.8) is 0 Å². The van der Waals surface area contributed by atoms with Crippen LogP contribution in [0.1, 0.15) is 42.6 Å². The van der Waals surface area contributed by atoms with Crippen LogP contribution in [0.5, 0.6) is 5.75 Å².